The molecule has 0 amide bonds. The Morgan fingerprint density at radius 2 is 1.83 bits per heavy atom. The van der Waals surface area contributed by atoms with Crippen molar-refractivity contribution in [1.82, 2.24) is 15.3 Å². The van der Waals surface area contributed by atoms with E-state index in [2.05, 4.69) is 50.5 Å². The van der Waals surface area contributed by atoms with Crippen molar-refractivity contribution >= 4 is 22.7 Å². The van der Waals surface area contributed by atoms with Crippen molar-refractivity contribution in [3.8, 4) is 0 Å². The predicted octanol–water partition coefficient (Wildman–Crippen LogP) is 2.58. The molecular weight excluding hydrogens is 298 g/mol. The van der Waals surface area contributed by atoms with Gasteiger partial charge in [-0.3, -0.25) is 0 Å². The van der Waals surface area contributed by atoms with E-state index < -0.39 is 0 Å². The maximum absolute atomic E-state index is 5.90. The van der Waals surface area contributed by atoms with E-state index in [-0.39, 0.29) is 0 Å². The predicted molar refractivity (Wildman–Crippen MR) is 97.9 cm³/mol. The minimum Gasteiger partial charge on any atom is -0.368 e. The van der Waals surface area contributed by atoms with Crippen molar-refractivity contribution in [3.05, 3.63) is 60.2 Å². The van der Waals surface area contributed by atoms with Crippen LogP contribution in [-0.2, 0) is 6.54 Å². The van der Waals surface area contributed by atoms with E-state index in [0.717, 1.165) is 42.8 Å². The molecule has 24 heavy (non-hydrogen) atoms. The van der Waals surface area contributed by atoms with E-state index in [1.165, 1.54) is 5.56 Å². The number of fused-ring (bicyclic) bond motifs is 1. The molecule has 1 unspecified atom stereocenters. The van der Waals surface area contributed by atoms with Gasteiger partial charge in [0.2, 0.25) is 5.95 Å². The van der Waals surface area contributed by atoms with Crippen molar-refractivity contribution in [2.24, 2.45) is 0 Å². The summed E-state index contributed by atoms with van der Waals surface area (Å²) in [6.07, 6.45) is 1.10. The molecule has 0 radical (unpaired) electrons. The average molecular weight is 319 g/mol. The van der Waals surface area contributed by atoms with Crippen molar-refractivity contribution < 1.29 is 0 Å². The highest BCUT2D eigenvalue weighted by Crippen LogP contribution is 2.27. The normalized spacial score (nSPS) is 17.5. The Balaban J connectivity index is 1.49. The number of nitrogen functional groups attached to an aromatic ring is 1. The molecule has 122 valence electrons. The van der Waals surface area contributed by atoms with Gasteiger partial charge in [-0.25, -0.2) is 4.98 Å². The molecule has 0 bridgehead atoms. The lowest BCUT2D eigenvalue weighted by Gasteiger charge is -2.20. The Morgan fingerprint density at radius 1 is 1.04 bits per heavy atom. The van der Waals surface area contributed by atoms with Gasteiger partial charge < -0.3 is 16.0 Å². The maximum atomic E-state index is 5.90. The Kier molecular flexibility index (Phi) is 4.01. The standard InChI is InChI=1S/C19H21N5/c20-19-22-17-9-5-4-8-16(17)18(23-19)24-11-10-15(13-24)21-12-14-6-2-1-3-7-14/h1-9,15,21H,10-13H2,(H2,20,22,23). The van der Waals surface area contributed by atoms with E-state index in [1.807, 2.05) is 24.3 Å². The van der Waals surface area contributed by atoms with Gasteiger partial charge in [0.05, 0.1) is 5.52 Å². The SMILES string of the molecule is Nc1nc(N2CCC(NCc3ccccc3)C2)c2ccccc2n1. The molecule has 1 aliphatic rings. The van der Waals surface area contributed by atoms with Crippen LogP contribution in [0.1, 0.15) is 12.0 Å². The molecule has 2 heterocycles. The lowest BCUT2D eigenvalue weighted by molar-refractivity contribution is 0.551. The molecular formula is C19H21N5. The van der Waals surface area contributed by atoms with Crippen LogP contribution in [0, 0.1) is 0 Å². The third-order valence-corrected chi connectivity index (χ3v) is 4.53. The van der Waals surface area contributed by atoms with Gasteiger partial charge in [-0.15, -0.1) is 0 Å². The third-order valence-electron chi connectivity index (χ3n) is 4.53. The van der Waals surface area contributed by atoms with Crippen LogP contribution in [0.3, 0.4) is 0 Å². The van der Waals surface area contributed by atoms with Crippen molar-refractivity contribution in [2.45, 2.75) is 19.0 Å². The molecule has 5 nitrogen and oxygen atoms in total. The highest BCUT2D eigenvalue weighted by Gasteiger charge is 2.24. The van der Waals surface area contributed by atoms with Crippen LogP contribution in [0.15, 0.2) is 54.6 Å². The summed E-state index contributed by atoms with van der Waals surface area (Å²) in [4.78, 5) is 11.1. The Labute approximate surface area is 141 Å². The second-order valence-electron chi connectivity index (χ2n) is 6.22. The average Bonchev–Trinajstić information content (AvgIpc) is 3.09. The van der Waals surface area contributed by atoms with Crippen LogP contribution in [0.5, 0.6) is 0 Å². The summed E-state index contributed by atoms with van der Waals surface area (Å²) >= 11 is 0. The van der Waals surface area contributed by atoms with Crippen molar-refractivity contribution in [3.63, 3.8) is 0 Å². The molecule has 0 aliphatic carbocycles. The first kappa shape index (κ1) is 14.9. The van der Waals surface area contributed by atoms with Gasteiger partial charge in [-0.2, -0.15) is 4.98 Å². The topological polar surface area (TPSA) is 67.1 Å². The largest absolute Gasteiger partial charge is 0.368 e. The fourth-order valence-corrected chi connectivity index (χ4v) is 3.30. The zero-order valence-corrected chi connectivity index (χ0v) is 13.5. The number of aromatic nitrogens is 2. The lowest BCUT2D eigenvalue weighted by atomic mass is 10.2. The van der Waals surface area contributed by atoms with Crippen LogP contribution in [0.25, 0.3) is 10.9 Å². The Bertz CT molecular complexity index is 834. The summed E-state index contributed by atoms with van der Waals surface area (Å²) < 4.78 is 0. The van der Waals surface area contributed by atoms with Gasteiger partial charge in [0, 0.05) is 31.1 Å². The summed E-state index contributed by atoms with van der Waals surface area (Å²) in [6, 6.07) is 19.0. The van der Waals surface area contributed by atoms with Crippen molar-refractivity contribution in [1.29, 1.82) is 0 Å². The molecule has 0 saturated carbocycles. The molecule has 1 saturated heterocycles. The third kappa shape index (κ3) is 3.03. The smallest absolute Gasteiger partial charge is 0.222 e. The zero-order chi connectivity index (χ0) is 16.4. The number of benzene rings is 2. The zero-order valence-electron chi connectivity index (χ0n) is 13.5. The molecule has 1 fully saturated rings. The van der Waals surface area contributed by atoms with Gasteiger partial charge >= 0.3 is 0 Å². The summed E-state index contributed by atoms with van der Waals surface area (Å²) in [5.74, 6) is 1.28. The lowest BCUT2D eigenvalue weighted by Crippen LogP contribution is -2.32. The van der Waals surface area contributed by atoms with Gasteiger partial charge in [0.1, 0.15) is 5.82 Å². The van der Waals surface area contributed by atoms with Crippen molar-refractivity contribution in [2.75, 3.05) is 23.7 Å². The molecule has 0 spiro atoms. The molecule has 1 aromatic heterocycles. The van der Waals surface area contributed by atoms with Gasteiger partial charge in [0.25, 0.3) is 0 Å². The van der Waals surface area contributed by atoms with Gasteiger partial charge in [-0.1, -0.05) is 42.5 Å². The Morgan fingerprint density at radius 3 is 2.71 bits per heavy atom. The highest BCUT2D eigenvalue weighted by atomic mass is 15.2. The minimum atomic E-state index is 0.337. The van der Waals surface area contributed by atoms with Crippen LogP contribution < -0.4 is 16.0 Å². The van der Waals surface area contributed by atoms with Gasteiger partial charge in [-0.05, 0) is 24.1 Å². The van der Waals surface area contributed by atoms with E-state index in [0.29, 0.717) is 12.0 Å². The number of hydrogen-bond donors (Lipinski definition) is 2. The quantitative estimate of drug-likeness (QED) is 0.774. The first-order valence-electron chi connectivity index (χ1n) is 8.34. The highest BCUT2D eigenvalue weighted by molar-refractivity contribution is 5.90. The number of hydrogen-bond acceptors (Lipinski definition) is 5. The molecule has 2 aromatic carbocycles. The number of nitrogens with zero attached hydrogens (tertiary/aromatic N) is 3. The van der Waals surface area contributed by atoms with Crippen LogP contribution in [0.2, 0.25) is 0 Å². The summed E-state index contributed by atoms with van der Waals surface area (Å²) in [6.45, 7) is 2.81. The number of rotatable bonds is 4. The fraction of sp³-hybridized carbons (Fsp3) is 0.263. The monoisotopic (exact) mass is 319 g/mol. The number of nitrogens with one attached hydrogen (secondary N) is 1. The van der Waals surface area contributed by atoms with E-state index in [9.17, 15) is 0 Å². The minimum absolute atomic E-state index is 0.337. The van der Waals surface area contributed by atoms with E-state index in [4.69, 9.17) is 5.73 Å². The maximum Gasteiger partial charge on any atom is 0.222 e. The first-order chi connectivity index (χ1) is 11.8. The van der Waals surface area contributed by atoms with Gasteiger partial charge in [0.15, 0.2) is 0 Å². The summed E-state index contributed by atoms with van der Waals surface area (Å²) in [5.41, 5.74) is 8.11. The molecule has 3 N–H and O–H groups in total. The number of nitrogens with two attached hydrogens (primary N) is 1. The molecule has 4 rings (SSSR count). The second kappa shape index (κ2) is 6.45. The van der Waals surface area contributed by atoms with E-state index >= 15 is 0 Å². The van der Waals surface area contributed by atoms with E-state index in [1.54, 1.807) is 0 Å². The number of anilines is 2. The number of para-hydroxylation sites is 1. The summed E-state index contributed by atoms with van der Waals surface area (Å²) in [5, 5.41) is 4.71. The summed E-state index contributed by atoms with van der Waals surface area (Å²) in [7, 11) is 0. The van der Waals surface area contributed by atoms with Crippen LogP contribution in [0.4, 0.5) is 11.8 Å². The molecule has 3 aromatic rings. The first-order valence-corrected chi connectivity index (χ1v) is 8.34. The Hall–Kier alpha value is -2.66. The molecule has 1 atom stereocenters. The second-order valence-corrected chi connectivity index (χ2v) is 6.22. The molecule has 1 aliphatic heterocycles. The fourth-order valence-electron chi connectivity index (χ4n) is 3.30. The van der Waals surface area contributed by atoms with Crippen LogP contribution in [-0.4, -0.2) is 29.1 Å². The van der Waals surface area contributed by atoms with Crippen LogP contribution >= 0.6 is 0 Å². The molecule has 5 heteroatoms.